The highest BCUT2D eigenvalue weighted by atomic mass is 32.2. The SMILES string of the molecule is C=S1Cc2ccc(cc2)C[S@@](=O)Cc2ccc(cc2)CS(=O)Cc2ccc(cc2)CS(=O)Cc2ccc(cc2)C[S@@](=O)Cc2ccc(cc2)C1. The number of hydrogen-bond donors (Lipinski definition) is 0. The predicted octanol–water partition coefficient (Wildman–Crippen LogP) is 8.20. The summed E-state index contributed by atoms with van der Waals surface area (Å²) in [5, 5.41) is 0. The van der Waals surface area contributed by atoms with Crippen LogP contribution in [0.15, 0.2) is 121 Å². The smallest absolute Gasteiger partial charge is 0.0489 e. The van der Waals surface area contributed by atoms with Crippen LogP contribution < -0.4 is 0 Å². The first-order valence-electron chi connectivity index (χ1n) is 16.5. The van der Waals surface area contributed by atoms with Gasteiger partial charge >= 0.3 is 0 Å². The molecule has 6 aliphatic heterocycles. The van der Waals surface area contributed by atoms with Crippen molar-refractivity contribution in [3.63, 3.8) is 0 Å². The van der Waals surface area contributed by atoms with Gasteiger partial charge in [0.1, 0.15) is 0 Å². The van der Waals surface area contributed by atoms with Crippen molar-refractivity contribution in [2.75, 3.05) is 0 Å². The lowest BCUT2D eigenvalue weighted by Gasteiger charge is -2.10. The Morgan fingerprint density at radius 1 is 0.260 bits per heavy atom. The van der Waals surface area contributed by atoms with E-state index >= 15 is 0 Å². The van der Waals surface area contributed by atoms with Gasteiger partial charge < -0.3 is 0 Å². The topological polar surface area (TPSA) is 68.3 Å². The quantitative estimate of drug-likeness (QED) is 0.150. The van der Waals surface area contributed by atoms with Crippen LogP contribution in [0.3, 0.4) is 0 Å². The number of hydrogen-bond acceptors (Lipinski definition) is 4. The molecule has 9 heteroatoms. The van der Waals surface area contributed by atoms with Gasteiger partial charge in [-0.2, -0.15) is 10.5 Å². The summed E-state index contributed by atoms with van der Waals surface area (Å²) in [5.41, 5.74) is 10.6. The molecule has 5 aromatic rings. The minimum atomic E-state index is -1.07. The fourth-order valence-corrected chi connectivity index (χ4v) is 12.2. The summed E-state index contributed by atoms with van der Waals surface area (Å²) < 4.78 is 51.9. The van der Waals surface area contributed by atoms with Gasteiger partial charge in [0, 0.05) is 101 Å². The van der Waals surface area contributed by atoms with Crippen molar-refractivity contribution in [3.8, 4) is 0 Å². The van der Waals surface area contributed by atoms with Crippen LogP contribution in [0.1, 0.15) is 55.6 Å². The second-order valence-corrected chi connectivity index (χ2v) is 20.5. The Balaban J connectivity index is 1.14. The summed E-state index contributed by atoms with van der Waals surface area (Å²) in [4.78, 5) is 0. The lowest BCUT2D eigenvalue weighted by atomic mass is 10.2. The molecule has 260 valence electrons. The Hall–Kier alpha value is -3.08. The van der Waals surface area contributed by atoms with E-state index in [1.165, 1.54) is 11.1 Å². The molecular weight excluding hydrogens is 717 g/mol. The molecule has 5 aromatic carbocycles. The van der Waals surface area contributed by atoms with Gasteiger partial charge in [-0.25, -0.2) is 0 Å². The molecule has 0 aliphatic carbocycles. The first kappa shape index (κ1) is 36.7. The zero-order chi connectivity index (χ0) is 34.9. The third kappa shape index (κ3) is 11.5. The highest BCUT2D eigenvalue weighted by Crippen LogP contribution is 2.25. The van der Waals surface area contributed by atoms with Crippen LogP contribution in [0, 0.1) is 0 Å². The van der Waals surface area contributed by atoms with E-state index in [0.717, 1.165) is 56.0 Å². The van der Waals surface area contributed by atoms with Crippen molar-refractivity contribution in [1.29, 1.82) is 0 Å². The molecule has 4 nitrogen and oxygen atoms in total. The Kier molecular flexibility index (Phi) is 13.1. The number of rotatable bonds is 0. The molecule has 0 spiro atoms. The zero-order valence-electron chi connectivity index (χ0n) is 28.0. The van der Waals surface area contributed by atoms with Crippen molar-refractivity contribution >= 4 is 59.6 Å². The largest absolute Gasteiger partial charge is 0.259 e. The predicted molar refractivity (Wildman–Crippen MR) is 217 cm³/mol. The minimum absolute atomic E-state index is 0.0886. The van der Waals surface area contributed by atoms with Gasteiger partial charge in [-0.05, 0) is 55.6 Å². The van der Waals surface area contributed by atoms with Crippen LogP contribution in [0.4, 0.5) is 0 Å². The lowest BCUT2D eigenvalue weighted by Crippen LogP contribution is -2.03. The van der Waals surface area contributed by atoms with E-state index in [2.05, 4.69) is 54.4 Å². The minimum Gasteiger partial charge on any atom is -0.259 e. The molecule has 10 bridgehead atoms. The highest BCUT2D eigenvalue weighted by molar-refractivity contribution is 8.12. The van der Waals surface area contributed by atoms with E-state index in [4.69, 9.17) is 0 Å². The van der Waals surface area contributed by atoms with Gasteiger partial charge in [-0.15, -0.1) is 0 Å². The molecule has 0 N–H and O–H groups in total. The van der Waals surface area contributed by atoms with Crippen molar-refractivity contribution in [2.45, 2.75) is 57.5 Å². The van der Waals surface area contributed by atoms with Crippen LogP contribution in [0.2, 0.25) is 0 Å². The number of fused-ring (bicyclic) bond motifs is 5. The van der Waals surface area contributed by atoms with Crippen LogP contribution in [0.25, 0.3) is 0 Å². The summed E-state index contributed by atoms with van der Waals surface area (Å²) >= 11 is 0. The van der Waals surface area contributed by atoms with Gasteiger partial charge in [0.25, 0.3) is 0 Å². The second kappa shape index (κ2) is 17.9. The molecule has 3 unspecified atom stereocenters. The molecular formula is C41H42O4S5. The molecule has 0 amide bonds. The normalized spacial score (nSPS) is 22.6. The lowest BCUT2D eigenvalue weighted by molar-refractivity contribution is 0.680. The number of benzene rings is 5. The molecule has 0 saturated heterocycles. The summed E-state index contributed by atoms with van der Waals surface area (Å²) in [6, 6.07) is 40.7. The molecule has 6 aliphatic rings. The Morgan fingerprint density at radius 2 is 0.380 bits per heavy atom. The summed E-state index contributed by atoms with van der Waals surface area (Å²) in [5.74, 6) is 9.96. The molecule has 0 aromatic heterocycles. The molecule has 0 saturated carbocycles. The summed E-state index contributed by atoms with van der Waals surface area (Å²) in [6.07, 6.45) is 0. The van der Waals surface area contributed by atoms with E-state index in [0.29, 0.717) is 46.0 Å². The Morgan fingerprint density at radius 3 is 0.520 bits per heavy atom. The van der Waals surface area contributed by atoms with E-state index in [-0.39, 0.29) is 10.5 Å². The van der Waals surface area contributed by atoms with E-state index < -0.39 is 43.2 Å². The van der Waals surface area contributed by atoms with Gasteiger partial charge in [-0.1, -0.05) is 127 Å². The van der Waals surface area contributed by atoms with Crippen molar-refractivity contribution in [3.05, 3.63) is 177 Å². The maximum atomic E-state index is 13.0. The third-order valence-corrected chi connectivity index (χ3v) is 15.2. The Labute approximate surface area is 308 Å². The van der Waals surface area contributed by atoms with Crippen molar-refractivity contribution in [2.24, 2.45) is 0 Å². The van der Waals surface area contributed by atoms with Gasteiger partial charge in [-0.3, -0.25) is 16.8 Å². The fourth-order valence-electron chi connectivity index (χ4n) is 5.87. The van der Waals surface area contributed by atoms with E-state index in [1.807, 2.05) is 72.8 Å². The van der Waals surface area contributed by atoms with Gasteiger partial charge in [0.15, 0.2) is 0 Å². The molecule has 5 atom stereocenters. The molecule has 11 rings (SSSR count). The van der Waals surface area contributed by atoms with Gasteiger partial charge in [0.2, 0.25) is 0 Å². The first-order valence-corrected chi connectivity index (χ1v) is 24.2. The van der Waals surface area contributed by atoms with E-state index in [9.17, 15) is 16.8 Å². The van der Waals surface area contributed by atoms with Crippen LogP contribution >= 0.6 is 10.5 Å². The Bertz CT molecular complexity index is 1520. The van der Waals surface area contributed by atoms with Crippen molar-refractivity contribution in [1.82, 2.24) is 0 Å². The monoisotopic (exact) mass is 758 g/mol. The van der Waals surface area contributed by atoms with E-state index in [1.54, 1.807) is 0 Å². The third-order valence-electron chi connectivity index (χ3n) is 8.48. The maximum Gasteiger partial charge on any atom is 0.0489 e. The van der Waals surface area contributed by atoms with Crippen LogP contribution in [-0.2, 0) is 101 Å². The highest BCUT2D eigenvalue weighted by Gasteiger charge is 2.10. The first-order chi connectivity index (χ1) is 24.2. The van der Waals surface area contributed by atoms with Crippen molar-refractivity contribution < 1.29 is 16.8 Å². The maximum absolute atomic E-state index is 13.0. The van der Waals surface area contributed by atoms with Crippen LogP contribution in [0.5, 0.6) is 0 Å². The molecule has 50 heavy (non-hydrogen) atoms. The molecule has 6 heterocycles. The zero-order valence-corrected chi connectivity index (χ0v) is 32.1. The fraction of sp³-hybridized carbons (Fsp3) is 0.244. The average Bonchev–Trinajstić information content (AvgIpc) is 3.09. The summed E-state index contributed by atoms with van der Waals surface area (Å²) in [6.45, 7) is 0. The molecule has 0 fully saturated rings. The van der Waals surface area contributed by atoms with Gasteiger partial charge in [0.05, 0.1) is 0 Å². The van der Waals surface area contributed by atoms with Crippen LogP contribution in [-0.4, -0.2) is 22.7 Å². The summed E-state index contributed by atoms with van der Waals surface area (Å²) in [7, 11) is -4.31. The average molecular weight is 759 g/mol. The molecule has 0 radical (unpaired) electrons. The standard InChI is InChI=1S/C41H42O4S5/c1-46-22-32-2-6-34(7-3-32)24-47(42)26-36-10-14-38(15-11-36)28-49(44)30-40-18-20-41(21-19-40)31-50(45)29-39-16-12-37(13-17-39)27-48(43)25-35-8-4-33(23-46)5-9-35/h2-21H,1,22-31H2/t46?,47-,48+,49?,50?. The second-order valence-electron chi connectivity index (χ2n) is 12.9.